The average molecular weight is 472 g/mol. The highest BCUT2D eigenvalue weighted by atomic mass is 19.4. The molecule has 1 aliphatic heterocycles. The number of hydrogen-bond acceptors (Lipinski definition) is 5. The van der Waals surface area contributed by atoms with E-state index in [2.05, 4.69) is 15.4 Å². The predicted octanol–water partition coefficient (Wildman–Crippen LogP) is 3.77. The van der Waals surface area contributed by atoms with Crippen LogP contribution in [-0.2, 0) is 0 Å². The van der Waals surface area contributed by atoms with Gasteiger partial charge in [0.25, 0.3) is 11.6 Å². The van der Waals surface area contributed by atoms with Crippen molar-refractivity contribution >= 4 is 17.6 Å². The van der Waals surface area contributed by atoms with E-state index in [4.69, 9.17) is 0 Å². The van der Waals surface area contributed by atoms with Crippen molar-refractivity contribution in [2.75, 3.05) is 19.7 Å². The number of nitro groups is 1. The van der Waals surface area contributed by atoms with Gasteiger partial charge < -0.3 is 20.3 Å². The van der Waals surface area contributed by atoms with Crippen molar-refractivity contribution in [3.05, 3.63) is 33.9 Å². The fourth-order valence-corrected chi connectivity index (χ4v) is 4.11. The second kappa shape index (κ2) is 10.7. The van der Waals surface area contributed by atoms with Gasteiger partial charge in [-0.25, -0.2) is 4.79 Å². The highest BCUT2D eigenvalue weighted by Gasteiger charge is 2.30. The minimum Gasteiger partial charge on any atom is -0.484 e. The lowest BCUT2D eigenvalue weighted by Crippen LogP contribution is -2.51. The third-order valence-corrected chi connectivity index (χ3v) is 5.86. The Bertz CT molecular complexity index is 866. The van der Waals surface area contributed by atoms with Crippen molar-refractivity contribution in [1.82, 2.24) is 15.5 Å². The van der Waals surface area contributed by atoms with E-state index in [1.807, 2.05) is 0 Å². The zero-order valence-electron chi connectivity index (χ0n) is 18.0. The molecule has 33 heavy (non-hydrogen) atoms. The largest absolute Gasteiger partial charge is 0.484 e. The second-order valence-electron chi connectivity index (χ2n) is 8.36. The smallest absolute Gasteiger partial charge is 0.422 e. The molecule has 2 aliphatic rings. The topological polar surface area (TPSA) is 114 Å². The Balaban J connectivity index is 1.56. The Labute approximate surface area is 188 Å². The van der Waals surface area contributed by atoms with Crippen molar-refractivity contribution in [1.29, 1.82) is 0 Å². The Hall–Kier alpha value is -3.05. The first-order valence-electron chi connectivity index (χ1n) is 11.0. The number of alkyl halides is 3. The van der Waals surface area contributed by atoms with Crippen molar-refractivity contribution < 1.29 is 32.4 Å². The Morgan fingerprint density at radius 2 is 1.70 bits per heavy atom. The number of halogens is 3. The minimum atomic E-state index is -4.58. The summed E-state index contributed by atoms with van der Waals surface area (Å²) in [5.74, 6) is -1.07. The van der Waals surface area contributed by atoms with Crippen LogP contribution in [0, 0.1) is 10.1 Å². The summed E-state index contributed by atoms with van der Waals surface area (Å²) in [5.41, 5.74) is -0.909. The Kier molecular flexibility index (Phi) is 7.98. The first-order chi connectivity index (χ1) is 15.6. The van der Waals surface area contributed by atoms with Crippen LogP contribution in [0.25, 0.3) is 0 Å². The number of carbonyl (C=O) groups is 2. The van der Waals surface area contributed by atoms with Gasteiger partial charge in [-0.2, -0.15) is 13.2 Å². The molecule has 2 fully saturated rings. The van der Waals surface area contributed by atoms with E-state index < -0.39 is 29.3 Å². The molecular weight excluding hydrogens is 445 g/mol. The fraction of sp³-hybridized carbons (Fsp3) is 0.619. The number of nitrogens with zero attached hydrogens (tertiary/aromatic N) is 2. The van der Waals surface area contributed by atoms with Crippen LogP contribution in [0.15, 0.2) is 18.2 Å². The van der Waals surface area contributed by atoms with Gasteiger partial charge >= 0.3 is 12.2 Å². The minimum absolute atomic E-state index is 0.128. The molecule has 0 aromatic heterocycles. The van der Waals surface area contributed by atoms with Crippen molar-refractivity contribution in [3.63, 3.8) is 0 Å². The van der Waals surface area contributed by atoms with Crippen molar-refractivity contribution in [3.8, 4) is 5.75 Å². The molecule has 1 saturated carbocycles. The number of nitro benzene ring substituents is 1. The van der Waals surface area contributed by atoms with Crippen LogP contribution >= 0.6 is 0 Å². The lowest BCUT2D eigenvalue weighted by molar-refractivity contribution is -0.385. The normalized spacial score (nSPS) is 18.0. The molecular formula is C21H27F3N4O5. The molecule has 3 rings (SSSR count). The van der Waals surface area contributed by atoms with Crippen LogP contribution < -0.4 is 15.4 Å². The summed E-state index contributed by atoms with van der Waals surface area (Å²) in [7, 11) is 0. The zero-order chi connectivity index (χ0) is 24.0. The summed E-state index contributed by atoms with van der Waals surface area (Å²) in [6.45, 7) is -0.742. The van der Waals surface area contributed by atoms with Crippen molar-refractivity contribution in [2.24, 2.45) is 0 Å². The highest BCUT2D eigenvalue weighted by molar-refractivity contribution is 5.98. The quantitative estimate of drug-likeness (QED) is 0.483. The molecule has 9 nitrogen and oxygen atoms in total. The third-order valence-electron chi connectivity index (χ3n) is 5.86. The van der Waals surface area contributed by atoms with Gasteiger partial charge in [0.05, 0.1) is 4.92 Å². The second-order valence-corrected chi connectivity index (χ2v) is 8.36. The van der Waals surface area contributed by atoms with E-state index >= 15 is 0 Å². The number of ether oxygens (including phenoxy) is 1. The van der Waals surface area contributed by atoms with Gasteiger partial charge in [0.2, 0.25) is 0 Å². The molecule has 182 valence electrons. The molecule has 2 N–H and O–H groups in total. The van der Waals surface area contributed by atoms with E-state index in [9.17, 15) is 32.9 Å². The monoisotopic (exact) mass is 472 g/mol. The van der Waals surface area contributed by atoms with Gasteiger partial charge in [-0.15, -0.1) is 0 Å². The third kappa shape index (κ3) is 7.22. The van der Waals surface area contributed by atoms with Gasteiger partial charge in [-0.1, -0.05) is 19.3 Å². The number of rotatable bonds is 6. The van der Waals surface area contributed by atoms with E-state index in [1.54, 1.807) is 4.90 Å². The Morgan fingerprint density at radius 1 is 1.06 bits per heavy atom. The average Bonchev–Trinajstić information content (AvgIpc) is 2.78. The van der Waals surface area contributed by atoms with Crippen LogP contribution in [0.2, 0.25) is 0 Å². The molecule has 1 aromatic carbocycles. The molecule has 12 heteroatoms. The van der Waals surface area contributed by atoms with Gasteiger partial charge in [0.1, 0.15) is 11.3 Å². The number of nitrogens with one attached hydrogen (secondary N) is 2. The van der Waals surface area contributed by atoms with Gasteiger partial charge in [0, 0.05) is 31.2 Å². The number of hydrogen-bond donors (Lipinski definition) is 2. The summed E-state index contributed by atoms with van der Waals surface area (Å²) in [4.78, 5) is 37.3. The number of urea groups is 1. The molecule has 0 spiro atoms. The van der Waals surface area contributed by atoms with Gasteiger partial charge in [-0.05, 0) is 37.8 Å². The van der Waals surface area contributed by atoms with E-state index in [1.165, 1.54) is 6.42 Å². The maximum absolute atomic E-state index is 12.7. The summed E-state index contributed by atoms with van der Waals surface area (Å²) >= 11 is 0. The SMILES string of the molecule is O=C(NC1CCN(C(=O)NC2CCCCC2)CC1)c1cc(OCC(F)(F)F)ccc1[N+](=O)[O-]. The predicted molar refractivity (Wildman–Crippen MR) is 112 cm³/mol. The van der Waals surface area contributed by atoms with Gasteiger partial charge in [-0.3, -0.25) is 14.9 Å². The molecule has 1 aromatic rings. The van der Waals surface area contributed by atoms with Crippen LogP contribution in [0.5, 0.6) is 5.75 Å². The molecule has 0 atom stereocenters. The van der Waals surface area contributed by atoms with E-state index in [0.717, 1.165) is 43.9 Å². The summed E-state index contributed by atoms with van der Waals surface area (Å²) in [5, 5.41) is 17.0. The van der Waals surface area contributed by atoms with Crippen LogP contribution in [-0.4, -0.2) is 59.7 Å². The van der Waals surface area contributed by atoms with Crippen molar-refractivity contribution in [2.45, 2.75) is 63.2 Å². The molecule has 1 saturated heterocycles. The first kappa shape index (κ1) is 24.6. The molecule has 1 heterocycles. The Morgan fingerprint density at radius 3 is 2.30 bits per heavy atom. The van der Waals surface area contributed by atoms with Crippen LogP contribution in [0.1, 0.15) is 55.3 Å². The first-order valence-corrected chi connectivity index (χ1v) is 11.0. The maximum atomic E-state index is 12.7. The molecule has 0 unspecified atom stereocenters. The van der Waals surface area contributed by atoms with Crippen LogP contribution in [0.3, 0.4) is 0 Å². The van der Waals surface area contributed by atoms with Crippen LogP contribution in [0.4, 0.5) is 23.7 Å². The molecule has 1 aliphatic carbocycles. The fourth-order valence-electron chi connectivity index (χ4n) is 4.11. The van der Waals surface area contributed by atoms with Gasteiger partial charge in [0.15, 0.2) is 6.61 Å². The number of benzene rings is 1. The number of amides is 3. The maximum Gasteiger partial charge on any atom is 0.422 e. The summed E-state index contributed by atoms with van der Waals surface area (Å²) < 4.78 is 41.8. The zero-order valence-corrected chi connectivity index (χ0v) is 18.0. The van der Waals surface area contributed by atoms with E-state index in [0.29, 0.717) is 25.9 Å². The number of piperidine rings is 1. The number of likely N-dealkylation sites (tertiary alicyclic amines) is 1. The highest BCUT2D eigenvalue weighted by Crippen LogP contribution is 2.26. The molecule has 3 amide bonds. The lowest BCUT2D eigenvalue weighted by Gasteiger charge is -2.34. The molecule has 0 bridgehead atoms. The standard InChI is InChI=1S/C21H27F3N4O5/c22-21(23,24)13-33-16-6-7-18(28(31)32)17(12-16)19(29)25-15-8-10-27(11-9-15)20(30)26-14-4-2-1-3-5-14/h6-7,12,14-15H,1-5,8-11,13H2,(H,25,29)(H,26,30). The summed E-state index contributed by atoms with van der Waals surface area (Å²) in [6.07, 6.45) is 1.69. The number of carbonyl (C=O) groups excluding carboxylic acids is 2. The van der Waals surface area contributed by atoms with E-state index in [-0.39, 0.29) is 29.4 Å². The lowest BCUT2D eigenvalue weighted by atomic mass is 9.95. The summed E-state index contributed by atoms with van der Waals surface area (Å²) in [6, 6.07) is 2.64. The molecule has 0 radical (unpaired) electrons.